The lowest BCUT2D eigenvalue weighted by Gasteiger charge is -2.12. The molecule has 0 radical (unpaired) electrons. The molecule has 1 aromatic carbocycles. The van der Waals surface area contributed by atoms with E-state index in [1.165, 1.54) is 6.08 Å². The lowest BCUT2D eigenvalue weighted by Crippen LogP contribution is -2.00. The average molecular weight is 330 g/mol. The first kappa shape index (κ1) is 17.6. The van der Waals surface area contributed by atoms with Gasteiger partial charge in [-0.05, 0) is 37.6 Å². The summed E-state index contributed by atoms with van der Waals surface area (Å²) in [7, 11) is 4.65. The van der Waals surface area contributed by atoms with Gasteiger partial charge in [-0.3, -0.25) is 9.48 Å². The van der Waals surface area contributed by atoms with Gasteiger partial charge in [-0.2, -0.15) is 5.10 Å². The van der Waals surface area contributed by atoms with Crippen LogP contribution in [0.1, 0.15) is 35.8 Å². The summed E-state index contributed by atoms with van der Waals surface area (Å²) in [6.07, 6.45) is 6.52. The van der Waals surface area contributed by atoms with Gasteiger partial charge in [0, 0.05) is 12.2 Å². The fourth-order valence-electron chi connectivity index (χ4n) is 2.21. The molecule has 0 atom stereocenters. The maximum atomic E-state index is 12.3. The predicted octanol–water partition coefficient (Wildman–Crippen LogP) is 3.39. The molecule has 0 aliphatic heterocycles. The largest absolute Gasteiger partial charge is 0.493 e. The van der Waals surface area contributed by atoms with E-state index in [-0.39, 0.29) is 11.8 Å². The van der Waals surface area contributed by atoms with Crippen molar-refractivity contribution in [3.63, 3.8) is 0 Å². The Morgan fingerprint density at radius 3 is 2.21 bits per heavy atom. The van der Waals surface area contributed by atoms with E-state index in [4.69, 9.17) is 14.2 Å². The first-order valence-corrected chi connectivity index (χ1v) is 7.56. The third-order valence-corrected chi connectivity index (χ3v) is 3.53. The number of ether oxygens (including phenoxy) is 3. The van der Waals surface area contributed by atoms with Crippen LogP contribution in [0.25, 0.3) is 6.08 Å². The fourth-order valence-corrected chi connectivity index (χ4v) is 2.21. The molecule has 1 heterocycles. The molecule has 0 saturated heterocycles. The number of hydrogen-bond donors (Lipinski definition) is 0. The molecule has 0 bridgehead atoms. The zero-order valence-corrected chi connectivity index (χ0v) is 14.6. The Kier molecular flexibility index (Phi) is 5.63. The van der Waals surface area contributed by atoms with Crippen molar-refractivity contribution < 1.29 is 19.0 Å². The van der Waals surface area contributed by atoms with Crippen molar-refractivity contribution in [3.8, 4) is 17.2 Å². The predicted molar refractivity (Wildman–Crippen MR) is 92.1 cm³/mol. The number of methoxy groups -OCH3 is 3. The molecule has 24 heavy (non-hydrogen) atoms. The van der Waals surface area contributed by atoms with Crippen LogP contribution in [0.3, 0.4) is 0 Å². The summed E-state index contributed by atoms with van der Waals surface area (Å²) in [5.41, 5.74) is 1.32. The molecule has 0 spiro atoms. The van der Waals surface area contributed by atoms with Crippen molar-refractivity contribution >= 4 is 11.9 Å². The summed E-state index contributed by atoms with van der Waals surface area (Å²) < 4.78 is 17.6. The summed E-state index contributed by atoms with van der Waals surface area (Å²) in [5, 5.41) is 4.17. The Hall–Kier alpha value is -2.76. The topological polar surface area (TPSA) is 62.6 Å². The SMILES string of the molecule is COc1cc(C=CC(=O)c2cnn(C(C)C)c2)cc(OC)c1OC. The van der Waals surface area contributed by atoms with Crippen LogP contribution in [0.4, 0.5) is 0 Å². The number of benzene rings is 1. The number of ketones is 1. The van der Waals surface area contributed by atoms with E-state index in [1.54, 1.807) is 56.6 Å². The Balaban J connectivity index is 2.25. The molecule has 0 saturated carbocycles. The molecule has 0 unspecified atom stereocenters. The lowest BCUT2D eigenvalue weighted by atomic mass is 10.1. The van der Waals surface area contributed by atoms with Crippen molar-refractivity contribution in [1.82, 2.24) is 9.78 Å². The molecule has 0 aliphatic rings. The summed E-state index contributed by atoms with van der Waals surface area (Å²) in [6.45, 7) is 4.01. The quantitative estimate of drug-likeness (QED) is 0.575. The number of carbonyl (C=O) groups excluding carboxylic acids is 1. The zero-order valence-electron chi connectivity index (χ0n) is 14.6. The molecule has 0 fully saturated rings. The number of allylic oxidation sites excluding steroid dienone is 1. The zero-order chi connectivity index (χ0) is 17.7. The number of rotatable bonds is 7. The van der Waals surface area contributed by atoms with Gasteiger partial charge in [0.05, 0.1) is 33.1 Å². The van der Waals surface area contributed by atoms with E-state index < -0.39 is 0 Å². The molecule has 1 aromatic heterocycles. The van der Waals surface area contributed by atoms with E-state index in [0.717, 1.165) is 5.56 Å². The molecule has 128 valence electrons. The van der Waals surface area contributed by atoms with Crippen LogP contribution < -0.4 is 14.2 Å². The van der Waals surface area contributed by atoms with Gasteiger partial charge < -0.3 is 14.2 Å². The van der Waals surface area contributed by atoms with Crippen molar-refractivity contribution in [1.29, 1.82) is 0 Å². The van der Waals surface area contributed by atoms with Gasteiger partial charge in [0.2, 0.25) is 5.75 Å². The van der Waals surface area contributed by atoms with Crippen LogP contribution in [0.5, 0.6) is 17.2 Å². The van der Waals surface area contributed by atoms with Crippen LogP contribution in [0, 0.1) is 0 Å². The maximum absolute atomic E-state index is 12.3. The van der Waals surface area contributed by atoms with Crippen LogP contribution in [0.15, 0.2) is 30.6 Å². The van der Waals surface area contributed by atoms with E-state index in [9.17, 15) is 4.79 Å². The molecule has 2 aromatic rings. The van der Waals surface area contributed by atoms with Crippen LogP contribution >= 0.6 is 0 Å². The second-order valence-electron chi connectivity index (χ2n) is 5.46. The van der Waals surface area contributed by atoms with Gasteiger partial charge in [-0.15, -0.1) is 0 Å². The molecule has 2 rings (SSSR count). The van der Waals surface area contributed by atoms with E-state index >= 15 is 0 Å². The third-order valence-electron chi connectivity index (χ3n) is 3.53. The van der Waals surface area contributed by atoms with Crippen molar-refractivity contribution in [2.75, 3.05) is 21.3 Å². The standard InChI is InChI=1S/C18H22N2O4/c1-12(2)20-11-14(10-19-20)15(21)7-6-13-8-16(22-3)18(24-5)17(9-13)23-4/h6-12H,1-5H3. The second kappa shape index (κ2) is 7.68. The normalized spacial score (nSPS) is 11.1. The van der Waals surface area contributed by atoms with Gasteiger partial charge in [-0.1, -0.05) is 6.08 Å². The molecule has 6 nitrogen and oxygen atoms in total. The lowest BCUT2D eigenvalue weighted by molar-refractivity contribution is 0.104. The maximum Gasteiger partial charge on any atom is 0.203 e. The van der Waals surface area contributed by atoms with E-state index in [0.29, 0.717) is 22.8 Å². The molecule has 0 amide bonds. The minimum atomic E-state index is -0.115. The molecular formula is C18H22N2O4. The minimum Gasteiger partial charge on any atom is -0.493 e. The number of carbonyl (C=O) groups is 1. The molecular weight excluding hydrogens is 308 g/mol. The number of aromatic nitrogens is 2. The van der Waals surface area contributed by atoms with Crippen molar-refractivity contribution in [2.45, 2.75) is 19.9 Å². The summed E-state index contributed by atoms with van der Waals surface area (Å²) >= 11 is 0. The first-order chi connectivity index (χ1) is 11.5. The Morgan fingerprint density at radius 1 is 1.12 bits per heavy atom. The monoisotopic (exact) mass is 330 g/mol. The Morgan fingerprint density at radius 2 is 1.75 bits per heavy atom. The highest BCUT2D eigenvalue weighted by molar-refractivity contribution is 6.06. The molecule has 0 N–H and O–H groups in total. The number of hydrogen-bond acceptors (Lipinski definition) is 5. The van der Waals surface area contributed by atoms with Gasteiger partial charge in [0.25, 0.3) is 0 Å². The first-order valence-electron chi connectivity index (χ1n) is 7.56. The fraction of sp³-hybridized carbons (Fsp3) is 0.333. The van der Waals surface area contributed by atoms with E-state index in [1.807, 2.05) is 13.8 Å². The van der Waals surface area contributed by atoms with Gasteiger partial charge in [0.1, 0.15) is 0 Å². The van der Waals surface area contributed by atoms with E-state index in [2.05, 4.69) is 5.10 Å². The molecule has 0 aliphatic carbocycles. The Labute approximate surface area is 141 Å². The van der Waals surface area contributed by atoms with Crippen molar-refractivity contribution in [2.24, 2.45) is 0 Å². The van der Waals surface area contributed by atoms with Crippen LogP contribution in [-0.4, -0.2) is 36.9 Å². The highest BCUT2D eigenvalue weighted by Crippen LogP contribution is 2.38. The van der Waals surface area contributed by atoms with Gasteiger partial charge in [0.15, 0.2) is 17.3 Å². The van der Waals surface area contributed by atoms with Gasteiger partial charge >= 0.3 is 0 Å². The highest BCUT2D eigenvalue weighted by Gasteiger charge is 2.12. The number of nitrogens with zero attached hydrogens (tertiary/aromatic N) is 2. The highest BCUT2D eigenvalue weighted by atomic mass is 16.5. The summed E-state index contributed by atoms with van der Waals surface area (Å²) in [6, 6.07) is 3.77. The molecule has 6 heteroatoms. The summed E-state index contributed by atoms with van der Waals surface area (Å²) in [4.78, 5) is 12.3. The van der Waals surface area contributed by atoms with Crippen molar-refractivity contribution in [3.05, 3.63) is 41.7 Å². The van der Waals surface area contributed by atoms with Crippen LogP contribution in [0.2, 0.25) is 0 Å². The summed E-state index contributed by atoms with van der Waals surface area (Å²) in [5.74, 6) is 1.48. The smallest absolute Gasteiger partial charge is 0.203 e. The minimum absolute atomic E-state index is 0.115. The van der Waals surface area contributed by atoms with Crippen LogP contribution in [-0.2, 0) is 0 Å². The average Bonchev–Trinajstić information content (AvgIpc) is 3.09. The second-order valence-corrected chi connectivity index (χ2v) is 5.46. The third kappa shape index (κ3) is 3.76. The van der Waals surface area contributed by atoms with Gasteiger partial charge in [-0.25, -0.2) is 0 Å². The Bertz CT molecular complexity index is 722.